The lowest BCUT2D eigenvalue weighted by Crippen LogP contribution is -2.45. The van der Waals surface area contributed by atoms with E-state index in [9.17, 15) is 14.4 Å². The molecule has 0 unspecified atom stereocenters. The lowest BCUT2D eigenvalue weighted by molar-refractivity contribution is -0.148. The van der Waals surface area contributed by atoms with Crippen molar-refractivity contribution in [2.45, 2.75) is 18.9 Å². The van der Waals surface area contributed by atoms with Crippen molar-refractivity contribution < 1.29 is 19.1 Å². The van der Waals surface area contributed by atoms with Crippen LogP contribution >= 0.6 is 0 Å². The van der Waals surface area contributed by atoms with Gasteiger partial charge in [0.1, 0.15) is 5.92 Å². The molecule has 1 fully saturated rings. The quantitative estimate of drug-likeness (QED) is 0.479. The standard InChI is InChI=1S/C15H14N2O4/c1-15(16-2,14(20)21-3)11-9-12(18)17(13(11)19)10-7-5-4-6-8-10/h4-8,11H,9H2,1,3H3/t11-,15-/m0/s1. The van der Waals surface area contributed by atoms with E-state index in [0.29, 0.717) is 5.69 Å². The van der Waals surface area contributed by atoms with Crippen LogP contribution in [0.15, 0.2) is 30.3 Å². The van der Waals surface area contributed by atoms with E-state index in [4.69, 9.17) is 6.57 Å². The molecule has 1 aliphatic rings. The molecule has 21 heavy (non-hydrogen) atoms. The number of hydrogen-bond acceptors (Lipinski definition) is 4. The molecule has 0 radical (unpaired) electrons. The van der Waals surface area contributed by atoms with Gasteiger partial charge in [-0.05, 0) is 12.1 Å². The van der Waals surface area contributed by atoms with E-state index in [1.54, 1.807) is 30.3 Å². The first-order chi connectivity index (χ1) is 9.95. The first kappa shape index (κ1) is 14.7. The van der Waals surface area contributed by atoms with Gasteiger partial charge in [0.25, 0.3) is 0 Å². The number of esters is 1. The van der Waals surface area contributed by atoms with Crippen molar-refractivity contribution in [2.75, 3.05) is 12.0 Å². The molecule has 0 N–H and O–H groups in total. The van der Waals surface area contributed by atoms with E-state index in [-0.39, 0.29) is 6.42 Å². The number of imide groups is 1. The average Bonchev–Trinajstić information content (AvgIpc) is 2.81. The van der Waals surface area contributed by atoms with Gasteiger partial charge in [0.2, 0.25) is 11.8 Å². The molecule has 1 heterocycles. The number of para-hydroxylation sites is 1. The van der Waals surface area contributed by atoms with E-state index in [1.165, 1.54) is 6.92 Å². The van der Waals surface area contributed by atoms with Crippen molar-refractivity contribution in [1.29, 1.82) is 0 Å². The zero-order valence-corrected chi connectivity index (χ0v) is 11.7. The highest BCUT2D eigenvalue weighted by molar-refractivity contribution is 6.22. The lowest BCUT2D eigenvalue weighted by atomic mass is 9.85. The van der Waals surface area contributed by atoms with Crippen LogP contribution in [0.4, 0.5) is 5.69 Å². The Balaban J connectivity index is 2.39. The minimum Gasteiger partial charge on any atom is -0.463 e. The molecule has 0 saturated carbocycles. The molecule has 6 heteroatoms. The van der Waals surface area contributed by atoms with Crippen LogP contribution < -0.4 is 4.90 Å². The molecule has 0 spiro atoms. The van der Waals surface area contributed by atoms with Crippen LogP contribution in [0.25, 0.3) is 4.85 Å². The maximum absolute atomic E-state index is 12.5. The molecule has 1 saturated heterocycles. The summed E-state index contributed by atoms with van der Waals surface area (Å²) in [6.45, 7) is 8.55. The van der Waals surface area contributed by atoms with Crippen LogP contribution in [-0.2, 0) is 19.1 Å². The number of hydrogen-bond donors (Lipinski definition) is 0. The number of methoxy groups -OCH3 is 1. The summed E-state index contributed by atoms with van der Waals surface area (Å²) in [5.74, 6) is -2.81. The summed E-state index contributed by atoms with van der Waals surface area (Å²) < 4.78 is 4.61. The number of carbonyl (C=O) groups is 3. The molecule has 0 aromatic heterocycles. The molecule has 1 aliphatic heterocycles. The molecule has 1 aromatic carbocycles. The van der Waals surface area contributed by atoms with Crippen LogP contribution in [0.1, 0.15) is 13.3 Å². The second-order valence-electron chi connectivity index (χ2n) is 4.91. The monoisotopic (exact) mass is 286 g/mol. The largest absolute Gasteiger partial charge is 0.463 e. The Morgan fingerprint density at radius 2 is 2.00 bits per heavy atom. The van der Waals surface area contributed by atoms with Crippen LogP contribution in [0, 0.1) is 12.5 Å². The highest BCUT2D eigenvalue weighted by Gasteiger charge is 2.59. The normalized spacial score (nSPS) is 20.8. The lowest BCUT2D eigenvalue weighted by Gasteiger charge is -2.20. The van der Waals surface area contributed by atoms with Gasteiger partial charge in [0, 0.05) is 13.3 Å². The van der Waals surface area contributed by atoms with Gasteiger partial charge in [0.15, 0.2) is 0 Å². The SMILES string of the molecule is [C-]#[N+][C@](C)(C(=O)OC)[C@H]1CC(=O)N(c2ccccc2)C1=O. The summed E-state index contributed by atoms with van der Waals surface area (Å²) in [7, 11) is 1.15. The number of rotatable bonds is 3. The third-order valence-corrected chi connectivity index (χ3v) is 3.67. The Labute approximate surface area is 122 Å². The highest BCUT2D eigenvalue weighted by Crippen LogP contribution is 2.36. The first-order valence-electron chi connectivity index (χ1n) is 6.34. The smallest absolute Gasteiger partial charge is 0.393 e. The summed E-state index contributed by atoms with van der Waals surface area (Å²) in [6, 6.07) is 8.44. The van der Waals surface area contributed by atoms with Gasteiger partial charge in [-0.15, -0.1) is 0 Å². The van der Waals surface area contributed by atoms with E-state index in [1.807, 2.05) is 0 Å². The third-order valence-electron chi connectivity index (χ3n) is 3.67. The Morgan fingerprint density at radius 1 is 1.38 bits per heavy atom. The van der Waals surface area contributed by atoms with Crippen molar-refractivity contribution in [1.82, 2.24) is 0 Å². The number of anilines is 1. The fraction of sp³-hybridized carbons (Fsp3) is 0.333. The summed E-state index contributed by atoms with van der Waals surface area (Å²) in [6.07, 6.45) is -0.179. The zero-order valence-electron chi connectivity index (χ0n) is 11.7. The molecule has 108 valence electrons. The molecule has 0 bridgehead atoms. The van der Waals surface area contributed by atoms with E-state index in [0.717, 1.165) is 12.0 Å². The summed E-state index contributed by atoms with van der Waals surface area (Å²) in [4.78, 5) is 40.7. The Kier molecular flexibility index (Phi) is 3.76. The maximum Gasteiger partial charge on any atom is 0.393 e. The van der Waals surface area contributed by atoms with Crippen molar-refractivity contribution in [3.63, 3.8) is 0 Å². The van der Waals surface area contributed by atoms with Crippen molar-refractivity contribution in [3.05, 3.63) is 41.7 Å². The second-order valence-corrected chi connectivity index (χ2v) is 4.91. The molecule has 6 nitrogen and oxygen atoms in total. The Hall–Kier alpha value is -2.68. The fourth-order valence-electron chi connectivity index (χ4n) is 2.39. The molecular formula is C15H14N2O4. The molecule has 1 aromatic rings. The topological polar surface area (TPSA) is 68.0 Å². The van der Waals surface area contributed by atoms with Gasteiger partial charge < -0.3 is 4.74 Å². The fourth-order valence-corrected chi connectivity index (χ4v) is 2.39. The predicted octanol–water partition coefficient (Wildman–Crippen LogP) is 1.42. The van der Waals surface area contributed by atoms with Crippen molar-refractivity contribution in [3.8, 4) is 0 Å². The Bertz CT molecular complexity index is 635. The zero-order chi connectivity index (χ0) is 15.6. The van der Waals surface area contributed by atoms with E-state index in [2.05, 4.69) is 9.58 Å². The third kappa shape index (κ3) is 2.27. The van der Waals surface area contributed by atoms with Gasteiger partial charge in [0.05, 0.1) is 12.8 Å². The maximum atomic E-state index is 12.5. The van der Waals surface area contributed by atoms with Crippen molar-refractivity contribution >= 4 is 23.5 Å². The van der Waals surface area contributed by atoms with Crippen LogP contribution in [0.3, 0.4) is 0 Å². The summed E-state index contributed by atoms with van der Waals surface area (Å²) >= 11 is 0. The molecular weight excluding hydrogens is 272 g/mol. The minimum atomic E-state index is -1.69. The summed E-state index contributed by atoms with van der Waals surface area (Å²) in [5.41, 5.74) is -1.25. The van der Waals surface area contributed by atoms with E-state index >= 15 is 0 Å². The molecule has 2 rings (SSSR count). The number of nitrogens with zero attached hydrogens (tertiary/aromatic N) is 2. The first-order valence-corrected chi connectivity index (χ1v) is 6.34. The van der Waals surface area contributed by atoms with Crippen LogP contribution in [0.5, 0.6) is 0 Å². The van der Waals surface area contributed by atoms with Gasteiger partial charge in [-0.25, -0.2) is 11.4 Å². The van der Waals surface area contributed by atoms with Gasteiger partial charge in [-0.1, -0.05) is 18.2 Å². The molecule has 0 aliphatic carbocycles. The van der Waals surface area contributed by atoms with E-state index < -0.39 is 29.2 Å². The van der Waals surface area contributed by atoms with Gasteiger partial charge >= 0.3 is 11.5 Å². The average molecular weight is 286 g/mol. The number of carbonyl (C=O) groups excluding carboxylic acids is 3. The number of ether oxygens (including phenoxy) is 1. The Morgan fingerprint density at radius 3 is 2.52 bits per heavy atom. The van der Waals surface area contributed by atoms with Gasteiger partial charge in [-0.3, -0.25) is 19.3 Å². The van der Waals surface area contributed by atoms with Gasteiger partial charge in [-0.2, -0.15) is 0 Å². The number of amides is 2. The second kappa shape index (κ2) is 5.37. The predicted molar refractivity (Wildman–Crippen MR) is 74.1 cm³/mol. The number of benzene rings is 1. The van der Waals surface area contributed by atoms with Crippen LogP contribution in [-0.4, -0.2) is 30.4 Å². The molecule has 2 atom stereocenters. The van der Waals surface area contributed by atoms with Crippen molar-refractivity contribution in [2.24, 2.45) is 5.92 Å². The minimum absolute atomic E-state index is 0.179. The van der Waals surface area contributed by atoms with Crippen LogP contribution in [0.2, 0.25) is 0 Å². The molecule has 2 amide bonds. The highest BCUT2D eigenvalue weighted by atomic mass is 16.5. The summed E-state index contributed by atoms with van der Waals surface area (Å²) in [5, 5.41) is 0.